The van der Waals surface area contributed by atoms with Gasteiger partial charge in [0.1, 0.15) is 17.7 Å². The molecule has 2 N–H and O–H groups in total. The Hall–Kier alpha value is -2.84. The van der Waals surface area contributed by atoms with Gasteiger partial charge in [-0.2, -0.15) is 0 Å². The van der Waals surface area contributed by atoms with Crippen LogP contribution in [0.5, 0.6) is 11.5 Å². The molecule has 2 bridgehead atoms. The van der Waals surface area contributed by atoms with E-state index in [1.54, 1.807) is 42.7 Å². The second-order valence-electron chi connectivity index (χ2n) is 11.3. The third-order valence-corrected chi connectivity index (χ3v) is 9.51. The zero-order valence-corrected chi connectivity index (χ0v) is 20.3. The number of nitrogens with zero attached hydrogens (tertiary/aromatic N) is 2. The van der Waals surface area contributed by atoms with Gasteiger partial charge in [0.25, 0.3) is 0 Å². The number of hydrogen-bond acceptors (Lipinski definition) is 6. The molecule has 2 aliphatic heterocycles. The molecule has 1 saturated heterocycles. The van der Waals surface area contributed by atoms with Crippen molar-refractivity contribution in [1.29, 1.82) is 0 Å². The monoisotopic (exact) mass is 494 g/mol. The van der Waals surface area contributed by atoms with Crippen molar-refractivity contribution >= 4 is 12.0 Å². The largest absolute Gasteiger partial charge is 0.504 e. The maximum Gasteiger partial charge on any atom is 0.246 e. The number of furan rings is 1. The molecule has 3 fully saturated rings. The number of halogens is 1. The summed E-state index contributed by atoms with van der Waals surface area (Å²) in [7, 11) is 1.70. The Balaban J connectivity index is 1.31. The summed E-state index contributed by atoms with van der Waals surface area (Å²) in [6.45, 7) is 1.03. The van der Waals surface area contributed by atoms with Crippen LogP contribution in [-0.4, -0.2) is 76.0 Å². The molecule has 0 unspecified atom stereocenters. The number of likely N-dealkylation sites (tertiary alicyclic amines) is 1. The van der Waals surface area contributed by atoms with Crippen molar-refractivity contribution in [3.05, 3.63) is 53.5 Å². The number of carbonyl (C=O) groups excluding carboxylic acids is 1. The third kappa shape index (κ3) is 2.83. The fraction of sp³-hybridized carbons (Fsp3) is 0.536. The third-order valence-electron chi connectivity index (χ3n) is 9.51. The molecule has 3 heterocycles. The van der Waals surface area contributed by atoms with Crippen molar-refractivity contribution < 1.29 is 28.6 Å². The molecule has 0 radical (unpaired) electrons. The highest BCUT2D eigenvalue weighted by molar-refractivity contribution is 5.92. The molecule has 1 aromatic carbocycles. The van der Waals surface area contributed by atoms with E-state index in [0.29, 0.717) is 30.7 Å². The van der Waals surface area contributed by atoms with Gasteiger partial charge < -0.3 is 24.3 Å². The number of piperidine rings is 1. The van der Waals surface area contributed by atoms with Crippen molar-refractivity contribution in [1.82, 2.24) is 9.80 Å². The van der Waals surface area contributed by atoms with Crippen molar-refractivity contribution in [3.8, 4) is 11.5 Å². The summed E-state index contributed by atoms with van der Waals surface area (Å²) < 4.78 is 28.2. The van der Waals surface area contributed by atoms with Crippen LogP contribution in [0.15, 0.2) is 41.2 Å². The van der Waals surface area contributed by atoms with Crippen molar-refractivity contribution in [2.24, 2.45) is 5.92 Å². The Kier molecular flexibility index (Phi) is 4.71. The predicted molar refractivity (Wildman–Crippen MR) is 129 cm³/mol. The molecule has 5 aliphatic rings. The Morgan fingerprint density at radius 2 is 2.14 bits per heavy atom. The van der Waals surface area contributed by atoms with E-state index < -0.39 is 29.3 Å². The maximum atomic E-state index is 16.7. The number of aromatic hydroxyl groups is 1. The number of rotatable bonds is 5. The van der Waals surface area contributed by atoms with Crippen molar-refractivity contribution in [2.75, 3.05) is 20.1 Å². The predicted octanol–water partition coefficient (Wildman–Crippen LogP) is 3.04. The van der Waals surface area contributed by atoms with Crippen molar-refractivity contribution in [3.63, 3.8) is 0 Å². The Morgan fingerprint density at radius 1 is 1.31 bits per heavy atom. The van der Waals surface area contributed by atoms with Crippen LogP contribution in [0.1, 0.15) is 42.4 Å². The quantitative estimate of drug-likeness (QED) is 0.622. The van der Waals surface area contributed by atoms with E-state index >= 15 is 4.39 Å². The lowest BCUT2D eigenvalue weighted by atomic mass is 9.47. The minimum atomic E-state index is -1.39. The number of alkyl halides is 1. The maximum absolute atomic E-state index is 16.7. The van der Waals surface area contributed by atoms with Crippen LogP contribution in [0.2, 0.25) is 0 Å². The van der Waals surface area contributed by atoms with E-state index in [-0.39, 0.29) is 30.0 Å². The number of amides is 1. The normalized spacial score (nSPS) is 36.5. The van der Waals surface area contributed by atoms with Crippen LogP contribution >= 0.6 is 0 Å². The molecule has 190 valence electrons. The van der Waals surface area contributed by atoms with E-state index in [1.165, 1.54) is 6.08 Å². The Morgan fingerprint density at radius 3 is 2.89 bits per heavy atom. The minimum absolute atomic E-state index is 0.0430. The topological polar surface area (TPSA) is 86.4 Å². The molecule has 36 heavy (non-hydrogen) atoms. The Bertz CT molecular complexity index is 1240. The number of ether oxygens (including phenoxy) is 1. The molecule has 8 heteroatoms. The zero-order chi connectivity index (χ0) is 24.8. The number of benzene rings is 1. The number of likely N-dealkylation sites (N-methyl/N-ethyl adjacent to an activating group) is 1. The van der Waals surface area contributed by atoms with Gasteiger partial charge in [-0.25, -0.2) is 4.39 Å². The van der Waals surface area contributed by atoms with Gasteiger partial charge in [0.05, 0.1) is 24.2 Å². The summed E-state index contributed by atoms with van der Waals surface area (Å²) >= 11 is 0. The first kappa shape index (κ1) is 22.4. The SMILES string of the molecule is CN(C(=O)/C=C/c1ccoc1)[C@@H]1CC[C@@]2(O)[C@H]3Cc4ccc(O)c5c4[C@@]2([C@@H](F)CN3CC2CC2)[C@H]1O5. The average Bonchev–Trinajstić information content (AvgIpc) is 3.36. The highest BCUT2D eigenvalue weighted by Gasteiger charge is 2.77. The summed E-state index contributed by atoms with van der Waals surface area (Å²) in [5, 5.41) is 23.2. The minimum Gasteiger partial charge on any atom is -0.504 e. The van der Waals surface area contributed by atoms with E-state index in [4.69, 9.17) is 9.15 Å². The van der Waals surface area contributed by atoms with Gasteiger partial charge in [0, 0.05) is 43.4 Å². The van der Waals surface area contributed by atoms with Gasteiger partial charge in [0.15, 0.2) is 11.5 Å². The average molecular weight is 495 g/mol. The molecule has 1 aromatic heterocycles. The molecule has 6 atom stereocenters. The number of carbonyl (C=O) groups is 1. The van der Waals surface area contributed by atoms with Gasteiger partial charge in [-0.05, 0) is 61.8 Å². The Labute approximate surface area is 209 Å². The number of phenols is 1. The first-order chi connectivity index (χ1) is 17.3. The van der Waals surface area contributed by atoms with E-state index in [2.05, 4.69) is 4.90 Å². The first-order valence-corrected chi connectivity index (χ1v) is 12.9. The molecular formula is C28H31FN2O5. The van der Waals surface area contributed by atoms with Crippen LogP contribution in [0.4, 0.5) is 4.39 Å². The molecule has 2 aromatic rings. The van der Waals surface area contributed by atoms with E-state index in [1.807, 2.05) is 6.07 Å². The highest BCUT2D eigenvalue weighted by Crippen LogP contribution is 2.66. The van der Waals surface area contributed by atoms with Gasteiger partial charge in [0.2, 0.25) is 5.91 Å². The summed E-state index contributed by atoms with van der Waals surface area (Å²) in [6.07, 6.45) is 7.82. The highest BCUT2D eigenvalue weighted by atomic mass is 19.1. The molecule has 2 saturated carbocycles. The summed E-state index contributed by atoms with van der Waals surface area (Å²) in [5.74, 6) is 0.568. The van der Waals surface area contributed by atoms with E-state index in [9.17, 15) is 15.0 Å². The first-order valence-electron chi connectivity index (χ1n) is 12.9. The smallest absolute Gasteiger partial charge is 0.246 e. The van der Waals surface area contributed by atoms with Gasteiger partial charge in [-0.3, -0.25) is 9.69 Å². The second-order valence-corrected chi connectivity index (χ2v) is 11.3. The lowest BCUT2D eigenvalue weighted by molar-refractivity contribution is -0.223. The molecular weight excluding hydrogens is 463 g/mol. The molecule has 7 rings (SSSR count). The number of phenolic OH excluding ortho intramolecular Hbond substituents is 1. The lowest BCUT2D eigenvalue weighted by Gasteiger charge is -2.65. The zero-order valence-electron chi connectivity index (χ0n) is 20.3. The lowest BCUT2D eigenvalue weighted by Crippen LogP contribution is -2.82. The van der Waals surface area contributed by atoms with E-state index in [0.717, 1.165) is 30.5 Å². The van der Waals surface area contributed by atoms with Gasteiger partial charge in [-0.1, -0.05) is 6.07 Å². The molecule has 1 amide bonds. The fourth-order valence-corrected chi connectivity index (χ4v) is 7.67. The van der Waals surface area contributed by atoms with Crippen LogP contribution in [0.3, 0.4) is 0 Å². The second kappa shape index (κ2) is 7.59. The molecule has 3 aliphatic carbocycles. The van der Waals surface area contributed by atoms with Crippen LogP contribution in [0.25, 0.3) is 6.08 Å². The van der Waals surface area contributed by atoms with Crippen molar-refractivity contribution in [2.45, 2.75) is 67.5 Å². The van der Waals surface area contributed by atoms with Crippen LogP contribution in [-0.2, 0) is 16.6 Å². The summed E-state index contributed by atoms with van der Waals surface area (Å²) in [6, 6.07) is 4.54. The number of aliphatic hydroxyl groups is 1. The molecule has 1 spiro atoms. The summed E-state index contributed by atoms with van der Waals surface area (Å²) in [4.78, 5) is 17.0. The number of hydrogen-bond donors (Lipinski definition) is 2. The van der Waals surface area contributed by atoms with Gasteiger partial charge in [-0.15, -0.1) is 0 Å². The van der Waals surface area contributed by atoms with Crippen LogP contribution in [0, 0.1) is 5.92 Å². The standard InChI is InChI=1S/C28H31FN2O5/c1-30(23(33)7-4-17-9-11-35-15-17)19-8-10-27(34)22-12-18-5-6-20(32)25-24(18)28(27,26(19)36-25)21(29)14-31(22)13-16-2-3-16/h4-7,9,11,15-16,19,21-22,26,32,34H,2-3,8,10,12-14H2,1H3/b7-4+/t19-,21+,22-,26+,27-,28+/m1/s1. The fourth-order valence-electron chi connectivity index (χ4n) is 7.67. The molecule has 7 nitrogen and oxygen atoms in total. The van der Waals surface area contributed by atoms with Gasteiger partial charge >= 0.3 is 0 Å². The van der Waals surface area contributed by atoms with Crippen LogP contribution < -0.4 is 4.74 Å². The summed E-state index contributed by atoms with van der Waals surface area (Å²) in [5.41, 5.74) is -0.356.